The fourth-order valence-corrected chi connectivity index (χ4v) is 2.62. The lowest BCUT2D eigenvalue weighted by Crippen LogP contribution is -2.96. The molecule has 5 heteroatoms. The minimum Gasteiger partial charge on any atom is -0.490 e. The topological polar surface area (TPSA) is 86.5 Å². The van der Waals surface area contributed by atoms with E-state index >= 15 is 0 Å². The fraction of sp³-hybridized carbons (Fsp3) is 0.647. The van der Waals surface area contributed by atoms with Crippen molar-refractivity contribution in [2.45, 2.75) is 57.5 Å². The van der Waals surface area contributed by atoms with Crippen LogP contribution < -0.4 is 10.1 Å². The lowest BCUT2D eigenvalue weighted by atomic mass is 9.87. The molecule has 0 bridgehead atoms. The van der Waals surface area contributed by atoms with Gasteiger partial charge in [0.25, 0.3) is 0 Å². The summed E-state index contributed by atoms with van der Waals surface area (Å²) in [7, 11) is 0. The molecule has 0 unspecified atom stereocenters. The van der Waals surface area contributed by atoms with Crippen molar-refractivity contribution in [3.05, 3.63) is 29.3 Å². The summed E-state index contributed by atoms with van der Waals surface area (Å²) in [5.41, 5.74) is 2.02. The van der Waals surface area contributed by atoms with Gasteiger partial charge >= 0.3 is 0 Å². The van der Waals surface area contributed by atoms with E-state index in [4.69, 9.17) is 4.74 Å². The molecule has 1 aromatic carbocycles. The number of benzene rings is 1. The third-order valence-corrected chi connectivity index (χ3v) is 3.95. The molecule has 0 saturated carbocycles. The number of aliphatic hydroxyl groups is 3. The van der Waals surface area contributed by atoms with Gasteiger partial charge in [0.1, 0.15) is 25.0 Å². The van der Waals surface area contributed by atoms with Crippen molar-refractivity contribution < 1.29 is 25.4 Å². The Morgan fingerprint density at radius 2 is 1.91 bits per heavy atom. The molecule has 1 aliphatic rings. The Bertz CT molecular complexity index is 498. The van der Waals surface area contributed by atoms with Crippen molar-refractivity contribution in [3.8, 4) is 5.75 Å². The van der Waals surface area contributed by atoms with E-state index < -0.39 is 18.3 Å². The number of rotatable bonds is 5. The molecule has 5 nitrogen and oxygen atoms in total. The quantitative estimate of drug-likeness (QED) is 0.596. The second kappa shape index (κ2) is 6.96. The third-order valence-electron chi connectivity index (χ3n) is 3.95. The first-order chi connectivity index (χ1) is 10.3. The Kier molecular flexibility index (Phi) is 5.45. The predicted molar refractivity (Wildman–Crippen MR) is 83.9 cm³/mol. The smallest absolute Gasteiger partial charge is 0.137 e. The fourth-order valence-electron chi connectivity index (χ4n) is 2.62. The summed E-state index contributed by atoms with van der Waals surface area (Å²) < 4.78 is 5.75. The summed E-state index contributed by atoms with van der Waals surface area (Å²) in [6.45, 7) is 7.10. The maximum absolute atomic E-state index is 10.0. The molecule has 2 rings (SSSR count). The van der Waals surface area contributed by atoms with Crippen LogP contribution in [-0.4, -0.2) is 52.3 Å². The van der Waals surface area contributed by atoms with Crippen LogP contribution in [0.3, 0.4) is 0 Å². The van der Waals surface area contributed by atoms with Crippen LogP contribution in [0.25, 0.3) is 0 Å². The van der Waals surface area contributed by atoms with Gasteiger partial charge < -0.3 is 25.4 Å². The monoisotopic (exact) mass is 310 g/mol. The second-order valence-corrected chi connectivity index (χ2v) is 7.21. The normalized spacial score (nSPS) is 23.0. The SMILES string of the molecule is CC(C)(C)[NH2+]C[C@@H](O)COc1cccc2c1C[C@@H](O)[C@H](O)C2. The number of fused-ring (bicyclic) bond motifs is 1. The predicted octanol–water partition coefficient (Wildman–Crippen LogP) is -0.391. The standard InChI is InChI=1S/C17H27NO4/c1-17(2,3)18-9-12(19)10-22-16-6-4-5-11-7-14(20)15(21)8-13(11)16/h4-6,12,14-15,18-21H,7-10H2,1-3H3/p+1/t12-,14-,15-/m1/s1. The van der Waals surface area contributed by atoms with Gasteiger partial charge in [0.2, 0.25) is 0 Å². The van der Waals surface area contributed by atoms with E-state index in [-0.39, 0.29) is 12.1 Å². The number of aliphatic hydroxyl groups excluding tert-OH is 3. The van der Waals surface area contributed by atoms with E-state index in [0.717, 1.165) is 11.1 Å². The Balaban J connectivity index is 1.95. The van der Waals surface area contributed by atoms with Crippen LogP contribution in [0.1, 0.15) is 31.9 Å². The van der Waals surface area contributed by atoms with Gasteiger partial charge in [0, 0.05) is 18.4 Å². The van der Waals surface area contributed by atoms with Crippen LogP contribution in [0, 0.1) is 0 Å². The van der Waals surface area contributed by atoms with Crippen LogP contribution in [0.2, 0.25) is 0 Å². The largest absolute Gasteiger partial charge is 0.490 e. The average molecular weight is 310 g/mol. The van der Waals surface area contributed by atoms with Gasteiger partial charge in [-0.1, -0.05) is 12.1 Å². The molecule has 0 saturated heterocycles. The van der Waals surface area contributed by atoms with Crippen molar-refractivity contribution >= 4 is 0 Å². The van der Waals surface area contributed by atoms with Gasteiger partial charge in [-0.3, -0.25) is 0 Å². The van der Waals surface area contributed by atoms with Crippen molar-refractivity contribution in [2.24, 2.45) is 0 Å². The van der Waals surface area contributed by atoms with E-state index in [9.17, 15) is 15.3 Å². The summed E-state index contributed by atoms with van der Waals surface area (Å²) in [5.74, 6) is 0.693. The van der Waals surface area contributed by atoms with Gasteiger partial charge in [-0.2, -0.15) is 0 Å². The van der Waals surface area contributed by atoms with Crippen LogP contribution in [0.4, 0.5) is 0 Å². The summed E-state index contributed by atoms with van der Waals surface area (Å²) in [5, 5.41) is 31.7. The first-order valence-corrected chi connectivity index (χ1v) is 7.88. The minimum atomic E-state index is -0.753. The highest BCUT2D eigenvalue weighted by Gasteiger charge is 2.27. The van der Waals surface area contributed by atoms with Crippen LogP contribution in [-0.2, 0) is 12.8 Å². The summed E-state index contributed by atoms with van der Waals surface area (Å²) in [6, 6.07) is 5.68. The van der Waals surface area contributed by atoms with E-state index in [2.05, 4.69) is 26.1 Å². The van der Waals surface area contributed by atoms with E-state index in [1.54, 1.807) is 0 Å². The molecule has 1 aromatic rings. The number of hydrogen-bond acceptors (Lipinski definition) is 4. The zero-order valence-corrected chi connectivity index (χ0v) is 13.6. The lowest BCUT2D eigenvalue weighted by molar-refractivity contribution is -0.722. The average Bonchev–Trinajstić information content (AvgIpc) is 2.43. The highest BCUT2D eigenvalue weighted by molar-refractivity contribution is 5.43. The molecular formula is C17H28NO4+. The molecule has 3 atom stereocenters. The maximum atomic E-state index is 10.0. The van der Waals surface area contributed by atoms with Crippen LogP contribution in [0.15, 0.2) is 18.2 Å². The van der Waals surface area contributed by atoms with Crippen LogP contribution in [0.5, 0.6) is 5.75 Å². The van der Waals surface area contributed by atoms with Crippen molar-refractivity contribution in [1.29, 1.82) is 0 Å². The number of nitrogens with two attached hydrogens (primary N) is 1. The molecule has 22 heavy (non-hydrogen) atoms. The van der Waals surface area contributed by atoms with Crippen molar-refractivity contribution in [1.82, 2.24) is 0 Å². The molecule has 0 fully saturated rings. The summed E-state index contributed by atoms with van der Waals surface area (Å²) in [6.07, 6.45) is -1.19. The zero-order chi connectivity index (χ0) is 16.3. The second-order valence-electron chi connectivity index (χ2n) is 7.21. The Morgan fingerprint density at radius 3 is 2.59 bits per heavy atom. The summed E-state index contributed by atoms with van der Waals surface area (Å²) >= 11 is 0. The Morgan fingerprint density at radius 1 is 1.23 bits per heavy atom. The molecule has 124 valence electrons. The molecule has 0 aliphatic heterocycles. The van der Waals surface area contributed by atoms with Gasteiger partial charge in [-0.15, -0.1) is 0 Å². The lowest BCUT2D eigenvalue weighted by Gasteiger charge is -2.27. The molecule has 0 heterocycles. The molecule has 0 radical (unpaired) electrons. The Hall–Kier alpha value is -1.14. The zero-order valence-electron chi connectivity index (χ0n) is 13.6. The molecular weight excluding hydrogens is 282 g/mol. The van der Waals surface area contributed by atoms with E-state index in [1.807, 2.05) is 18.2 Å². The first-order valence-electron chi connectivity index (χ1n) is 7.88. The number of hydrogen-bond donors (Lipinski definition) is 4. The van der Waals surface area contributed by atoms with Crippen LogP contribution >= 0.6 is 0 Å². The molecule has 0 aromatic heterocycles. The number of quaternary nitrogens is 1. The number of ether oxygens (including phenoxy) is 1. The highest BCUT2D eigenvalue weighted by atomic mass is 16.5. The molecule has 0 amide bonds. The van der Waals surface area contributed by atoms with E-state index in [0.29, 0.717) is 25.1 Å². The van der Waals surface area contributed by atoms with Gasteiger partial charge in [0.05, 0.1) is 17.7 Å². The highest BCUT2D eigenvalue weighted by Crippen LogP contribution is 2.30. The molecule has 5 N–H and O–H groups in total. The van der Waals surface area contributed by atoms with Gasteiger partial charge in [-0.05, 0) is 32.4 Å². The van der Waals surface area contributed by atoms with Crippen molar-refractivity contribution in [2.75, 3.05) is 13.2 Å². The third kappa shape index (κ3) is 4.68. The van der Waals surface area contributed by atoms with Gasteiger partial charge in [-0.25, -0.2) is 0 Å². The molecule has 0 spiro atoms. The van der Waals surface area contributed by atoms with Gasteiger partial charge in [0.15, 0.2) is 0 Å². The van der Waals surface area contributed by atoms with E-state index in [1.165, 1.54) is 0 Å². The molecule has 1 aliphatic carbocycles. The minimum absolute atomic E-state index is 0.0765. The maximum Gasteiger partial charge on any atom is 0.137 e. The Labute approximate surface area is 131 Å². The first kappa shape index (κ1) is 17.2. The van der Waals surface area contributed by atoms with Crippen molar-refractivity contribution in [3.63, 3.8) is 0 Å². The summed E-state index contributed by atoms with van der Waals surface area (Å²) in [4.78, 5) is 0.